The third-order valence-electron chi connectivity index (χ3n) is 13.9. The summed E-state index contributed by atoms with van der Waals surface area (Å²) >= 11 is 1.73. The van der Waals surface area contributed by atoms with Crippen molar-refractivity contribution in [2.75, 3.05) is 37.8 Å². The molecule has 7 atom stereocenters. The number of nitrogens with two attached hydrogens (primary N) is 1. The van der Waals surface area contributed by atoms with Gasteiger partial charge in [-0.05, 0) is 41.2 Å². The van der Waals surface area contributed by atoms with Crippen LogP contribution in [0.5, 0.6) is 0 Å². The molecule has 2 aliphatic rings. The number of benzene rings is 2. The first-order valence-corrected chi connectivity index (χ1v) is 31.8. The van der Waals surface area contributed by atoms with E-state index in [1.807, 2.05) is 0 Å². The Morgan fingerprint density at radius 2 is 1.48 bits per heavy atom. The van der Waals surface area contributed by atoms with E-state index in [2.05, 4.69) is 86.2 Å². The monoisotopic (exact) mass is 1160 g/mol. The minimum absolute atomic E-state index is 0.0344. The Hall–Kier alpha value is -3.67. The van der Waals surface area contributed by atoms with Crippen molar-refractivity contribution in [2.45, 2.75) is 165 Å². The molecule has 1 saturated heterocycles. The smallest absolute Gasteiger partial charge is 0.386 e. The quantitative estimate of drug-likeness (QED) is 0.0122. The molecule has 27 heteroatoms. The topological polar surface area (TPSA) is 347 Å². The maximum absolute atomic E-state index is 13.0. The fraction of sp³-hybridized carbons (Fsp3) is 0.620. The molecule has 1 fully saturated rings. The number of carbonyl (C=O) groups excluding carboxylic acids is 2. The molecule has 4 aromatic rings. The SMILES string of the molecule is CCCCCCCCC1(CCCCCCCC)c2ccccc2-c2cccc(SCCNC(=O)CCNC(=O)[C@H](O)C(C)(C)COP(=O)(O)OP(=O)(O)OC[C@H]3O[C@@H](n4cnc5c(N)ncnc54)[C@H](O)[C@@H]3OP(=O)(O)O)c21. The number of imidazole rings is 1. The molecule has 2 aromatic heterocycles. The van der Waals surface area contributed by atoms with Crippen LogP contribution in [0, 0.1) is 5.41 Å². The number of nitrogen functional groups attached to an aromatic ring is 1. The Labute approximate surface area is 453 Å². The van der Waals surface area contributed by atoms with Gasteiger partial charge in [-0.3, -0.25) is 27.7 Å². The van der Waals surface area contributed by atoms with Crippen LogP contribution in [0.25, 0.3) is 22.3 Å². The van der Waals surface area contributed by atoms with E-state index in [0.29, 0.717) is 12.3 Å². The molecule has 77 heavy (non-hydrogen) atoms. The summed E-state index contributed by atoms with van der Waals surface area (Å²) in [4.78, 5) is 78.9. The lowest BCUT2D eigenvalue weighted by Gasteiger charge is -2.34. The van der Waals surface area contributed by atoms with Crippen LogP contribution in [-0.2, 0) is 51.3 Å². The van der Waals surface area contributed by atoms with Gasteiger partial charge in [0.05, 0.1) is 19.5 Å². The summed E-state index contributed by atoms with van der Waals surface area (Å²) in [7, 11) is -16.4. The number of amides is 2. The number of unbranched alkanes of at least 4 members (excludes halogenated alkanes) is 10. The van der Waals surface area contributed by atoms with Gasteiger partial charge in [0, 0.05) is 41.0 Å². The summed E-state index contributed by atoms with van der Waals surface area (Å²) in [5, 5.41) is 27.3. The second-order valence-corrected chi connectivity index (χ2v) is 25.6. The zero-order valence-corrected chi connectivity index (χ0v) is 47.6. The van der Waals surface area contributed by atoms with Gasteiger partial charge in [-0.2, -0.15) is 4.31 Å². The van der Waals surface area contributed by atoms with E-state index in [1.54, 1.807) is 11.8 Å². The Morgan fingerprint density at radius 1 is 0.844 bits per heavy atom. The number of hydrogen-bond donors (Lipinski definition) is 9. The number of carbonyl (C=O) groups is 2. The molecule has 2 unspecified atom stereocenters. The largest absolute Gasteiger partial charge is 0.481 e. The standard InChI is InChI=1S/C50H76N7O16P3S/c1-5-7-9-11-13-17-25-50(26-18-14-12-10-8-6-2)36-22-16-15-20-34(36)35-21-19-23-38(40(35)50)77-29-28-52-39(58)24-27-53-47(61)44(60)49(3,4)31-70-76(67,68)73-75(65,66)69-30-37-43(72-74(62,63)64)42(59)48(71-37)57-33-56-41-45(51)54-32-55-46(41)57/h15-16,19-23,32-33,37,42-44,48,59-60H,5-14,17-18,24-31H2,1-4H3,(H,52,58)(H,53,61)(H,65,66)(H,67,68)(H2,51,54,55)(H2,62,63,64)/t37-,42-,43-,44+,48-/m1/s1. The number of nitrogens with zero attached hydrogens (tertiary/aromatic N) is 4. The van der Waals surface area contributed by atoms with Gasteiger partial charge in [-0.25, -0.2) is 28.6 Å². The minimum Gasteiger partial charge on any atom is -0.386 e. The fourth-order valence-corrected chi connectivity index (χ4v) is 13.9. The molecule has 23 nitrogen and oxygen atoms in total. The molecule has 1 aliphatic heterocycles. The van der Waals surface area contributed by atoms with E-state index >= 15 is 0 Å². The molecule has 0 radical (unpaired) electrons. The summed E-state index contributed by atoms with van der Waals surface area (Å²) in [6.07, 6.45) is 10.1. The number of phosphoric acid groups is 3. The summed E-state index contributed by atoms with van der Waals surface area (Å²) < 4.78 is 63.2. The Kier molecular flexibility index (Phi) is 22.9. The Bertz CT molecular complexity index is 2730. The average Bonchev–Trinajstić information content (AvgIpc) is 4.08. The summed E-state index contributed by atoms with van der Waals surface area (Å²) in [5.41, 5.74) is 9.70. The lowest BCUT2D eigenvalue weighted by atomic mass is 9.70. The first-order chi connectivity index (χ1) is 36.5. The summed E-state index contributed by atoms with van der Waals surface area (Å²) in [6.45, 7) is 5.32. The number of rotatable bonds is 34. The molecule has 428 valence electrons. The first-order valence-electron chi connectivity index (χ1n) is 26.3. The first kappa shape index (κ1) is 62.5. The summed E-state index contributed by atoms with van der Waals surface area (Å²) in [6, 6.07) is 15.5. The van der Waals surface area contributed by atoms with Crippen LogP contribution in [0.15, 0.2) is 60.0 Å². The third-order valence-corrected chi connectivity index (χ3v) is 18.1. The van der Waals surface area contributed by atoms with Gasteiger partial charge in [0.25, 0.3) is 0 Å². The van der Waals surface area contributed by atoms with Crippen molar-refractivity contribution in [3.05, 3.63) is 66.2 Å². The average molecular weight is 1160 g/mol. The molecular formula is C50H76N7O16P3S. The number of aliphatic hydroxyl groups excluding tert-OH is 2. The van der Waals surface area contributed by atoms with Gasteiger partial charge in [-0.1, -0.05) is 141 Å². The van der Waals surface area contributed by atoms with Crippen LogP contribution in [-0.4, -0.2) is 118 Å². The number of ether oxygens (including phenoxy) is 1. The summed E-state index contributed by atoms with van der Waals surface area (Å²) in [5.74, 6) is -0.673. The molecule has 1 aliphatic carbocycles. The van der Waals surface area contributed by atoms with Gasteiger partial charge in [0.15, 0.2) is 17.7 Å². The number of hydrogen-bond acceptors (Lipinski definition) is 17. The second-order valence-electron chi connectivity index (χ2n) is 20.3. The molecule has 6 rings (SSSR count). The predicted molar refractivity (Wildman–Crippen MR) is 289 cm³/mol. The number of aliphatic hydroxyl groups is 2. The number of fused-ring (bicyclic) bond motifs is 4. The van der Waals surface area contributed by atoms with Crippen LogP contribution in [0.4, 0.5) is 5.82 Å². The fourth-order valence-electron chi connectivity index (χ4n) is 9.99. The molecule has 0 saturated carbocycles. The van der Waals surface area contributed by atoms with Crippen molar-refractivity contribution >= 4 is 64.0 Å². The highest BCUT2D eigenvalue weighted by molar-refractivity contribution is 7.99. The van der Waals surface area contributed by atoms with Crippen molar-refractivity contribution in [1.82, 2.24) is 30.2 Å². The zero-order chi connectivity index (χ0) is 56.0. The lowest BCUT2D eigenvalue weighted by Crippen LogP contribution is -2.46. The van der Waals surface area contributed by atoms with Crippen LogP contribution >= 0.6 is 35.2 Å². The second kappa shape index (κ2) is 28.2. The molecule has 2 aromatic carbocycles. The third kappa shape index (κ3) is 16.9. The van der Waals surface area contributed by atoms with E-state index in [-0.39, 0.29) is 41.3 Å². The number of anilines is 1. The van der Waals surface area contributed by atoms with E-state index < -0.39 is 78.6 Å². The lowest BCUT2D eigenvalue weighted by molar-refractivity contribution is -0.137. The van der Waals surface area contributed by atoms with Gasteiger partial charge >= 0.3 is 23.5 Å². The van der Waals surface area contributed by atoms with Crippen molar-refractivity contribution in [3.8, 4) is 11.1 Å². The van der Waals surface area contributed by atoms with Crippen molar-refractivity contribution in [2.24, 2.45) is 5.41 Å². The van der Waals surface area contributed by atoms with Crippen LogP contribution in [0.3, 0.4) is 0 Å². The van der Waals surface area contributed by atoms with Crippen molar-refractivity contribution < 1.29 is 75.7 Å². The number of phosphoric ester groups is 3. The molecule has 2 amide bonds. The minimum atomic E-state index is -5.59. The Balaban J connectivity index is 0.962. The van der Waals surface area contributed by atoms with Gasteiger partial charge in [0.1, 0.15) is 36.3 Å². The van der Waals surface area contributed by atoms with Crippen molar-refractivity contribution in [3.63, 3.8) is 0 Å². The predicted octanol–water partition coefficient (Wildman–Crippen LogP) is 7.96. The van der Waals surface area contributed by atoms with Gasteiger partial charge in [0.2, 0.25) is 11.8 Å². The zero-order valence-electron chi connectivity index (χ0n) is 44.1. The van der Waals surface area contributed by atoms with Crippen molar-refractivity contribution in [1.29, 1.82) is 0 Å². The van der Waals surface area contributed by atoms with Crippen LogP contribution in [0.1, 0.15) is 141 Å². The molecule has 0 bridgehead atoms. The molecule has 0 spiro atoms. The highest BCUT2D eigenvalue weighted by Crippen LogP contribution is 2.61. The highest BCUT2D eigenvalue weighted by Gasteiger charge is 2.51. The number of thioether (sulfide) groups is 1. The maximum Gasteiger partial charge on any atom is 0.481 e. The molecule has 3 heterocycles. The number of nitrogens with one attached hydrogen (secondary N) is 2. The molecule has 10 N–H and O–H groups in total. The van der Waals surface area contributed by atoms with Gasteiger partial charge < -0.3 is 50.9 Å². The maximum atomic E-state index is 13.0. The van der Waals surface area contributed by atoms with E-state index in [1.165, 1.54) is 105 Å². The highest BCUT2D eigenvalue weighted by atomic mass is 32.2. The normalized spacial score (nSPS) is 20.1. The number of aromatic nitrogens is 4. The van der Waals surface area contributed by atoms with Crippen LogP contribution < -0.4 is 16.4 Å². The Morgan fingerprint density at radius 3 is 2.16 bits per heavy atom. The van der Waals surface area contributed by atoms with E-state index in [9.17, 15) is 53.1 Å². The van der Waals surface area contributed by atoms with Gasteiger partial charge in [-0.15, -0.1) is 11.8 Å². The molecular weight excluding hydrogens is 1080 g/mol. The van der Waals surface area contributed by atoms with E-state index in [4.69, 9.17) is 24.0 Å². The van der Waals surface area contributed by atoms with Crippen LogP contribution in [0.2, 0.25) is 0 Å². The van der Waals surface area contributed by atoms with E-state index in [0.717, 1.165) is 42.9 Å².